The van der Waals surface area contributed by atoms with Gasteiger partial charge in [-0.2, -0.15) is 0 Å². The van der Waals surface area contributed by atoms with Crippen molar-refractivity contribution in [2.75, 3.05) is 24.6 Å². The van der Waals surface area contributed by atoms with Gasteiger partial charge < -0.3 is 14.2 Å². The number of benzene rings is 2. The van der Waals surface area contributed by atoms with Crippen LogP contribution in [0.2, 0.25) is 0 Å². The summed E-state index contributed by atoms with van der Waals surface area (Å²) in [6.45, 7) is 11.9. The van der Waals surface area contributed by atoms with Gasteiger partial charge in [0.05, 0.1) is 22.7 Å². The Morgan fingerprint density at radius 2 is 1.72 bits per heavy atom. The molecule has 0 radical (unpaired) electrons. The van der Waals surface area contributed by atoms with Crippen molar-refractivity contribution in [3.8, 4) is 5.69 Å². The molecule has 0 aliphatic carbocycles. The zero-order valence-corrected chi connectivity index (χ0v) is 19.4. The molecule has 1 aromatic heterocycles. The standard InChI is InChI=1S/C25H31N3O4/c1-6-32-25(29)24-13-19-9-7-8-10-21(19)27(24)20-11-12-22(23(14-20)28(30)31)26(15-17(2)3)16-18(4)5/h7-14,17-18H,6,15-16H2,1-5H3. The van der Waals surface area contributed by atoms with E-state index in [1.807, 2.05) is 30.3 Å². The summed E-state index contributed by atoms with van der Waals surface area (Å²) in [7, 11) is 0. The minimum atomic E-state index is -0.461. The van der Waals surface area contributed by atoms with Crippen LogP contribution in [0.15, 0.2) is 48.5 Å². The summed E-state index contributed by atoms with van der Waals surface area (Å²) in [4.78, 5) is 26.5. The van der Waals surface area contributed by atoms with Gasteiger partial charge in [-0.05, 0) is 43.0 Å². The predicted molar refractivity (Wildman–Crippen MR) is 128 cm³/mol. The summed E-state index contributed by atoms with van der Waals surface area (Å²) in [6, 6.07) is 14.5. The van der Waals surface area contributed by atoms with E-state index in [0.717, 1.165) is 24.0 Å². The molecule has 0 aliphatic heterocycles. The maximum atomic E-state index is 12.7. The minimum absolute atomic E-state index is 0.0244. The number of ether oxygens (including phenoxy) is 1. The fraction of sp³-hybridized carbons (Fsp3) is 0.400. The zero-order valence-electron chi connectivity index (χ0n) is 19.4. The lowest BCUT2D eigenvalue weighted by atomic mass is 10.1. The molecule has 3 aromatic rings. The molecule has 0 saturated heterocycles. The number of nitrogens with zero attached hydrogens (tertiary/aromatic N) is 3. The van der Waals surface area contributed by atoms with Crippen molar-refractivity contribution >= 4 is 28.2 Å². The third-order valence-electron chi connectivity index (χ3n) is 5.12. The first-order chi connectivity index (χ1) is 15.2. The van der Waals surface area contributed by atoms with E-state index in [1.54, 1.807) is 29.7 Å². The van der Waals surface area contributed by atoms with E-state index in [1.165, 1.54) is 0 Å². The van der Waals surface area contributed by atoms with Gasteiger partial charge in [-0.1, -0.05) is 45.9 Å². The molecule has 0 bridgehead atoms. The number of para-hydroxylation sites is 1. The van der Waals surface area contributed by atoms with Gasteiger partial charge in [-0.3, -0.25) is 10.1 Å². The third kappa shape index (κ3) is 4.93. The second-order valence-corrected chi connectivity index (χ2v) is 8.77. The topological polar surface area (TPSA) is 77.6 Å². The lowest BCUT2D eigenvalue weighted by Crippen LogP contribution is -2.31. The highest BCUT2D eigenvalue weighted by molar-refractivity contribution is 5.97. The molecule has 0 saturated carbocycles. The molecule has 0 atom stereocenters. The van der Waals surface area contributed by atoms with Crippen molar-refractivity contribution in [1.82, 2.24) is 4.57 Å². The molecule has 32 heavy (non-hydrogen) atoms. The molecule has 0 fully saturated rings. The Morgan fingerprint density at radius 3 is 2.31 bits per heavy atom. The molecule has 0 aliphatic rings. The quantitative estimate of drug-likeness (QED) is 0.239. The average Bonchev–Trinajstić information content (AvgIpc) is 3.12. The highest BCUT2D eigenvalue weighted by atomic mass is 16.6. The highest BCUT2D eigenvalue weighted by Gasteiger charge is 2.24. The fourth-order valence-electron chi connectivity index (χ4n) is 4.01. The zero-order chi connectivity index (χ0) is 23.4. The molecule has 7 heteroatoms. The Balaban J connectivity index is 2.19. The second kappa shape index (κ2) is 9.85. The van der Waals surface area contributed by atoms with Gasteiger partial charge in [0.1, 0.15) is 11.4 Å². The van der Waals surface area contributed by atoms with Gasteiger partial charge in [0.2, 0.25) is 0 Å². The molecular formula is C25H31N3O4. The SMILES string of the molecule is CCOC(=O)c1cc2ccccc2n1-c1ccc(N(CC(C)C)CC(C)C)c([N+](=O)[O-])c1. The van der Waals surface area contributed by atoms with Crippen molar-refractivity contribution in [2.24, 2.45) is 11.8 Å². The van der Waals surface area contributed by atoms with E-state index in [4.69, 9.17) is 4.74 Å². The van der Waals surface area contributed by atoms with E-state index in [2.05, 4.69) is 32.6 Å². The first-order valence-electron chi connectivity index (χ1n) is 11.0. The number of nitro groups is 1. The van der Waals surface area contributed by atoms with Crippen LogP contribution >= 0.6 is 0 Å². The largest absolute Gasteiger partial charge is 0.461 e. The third-order valence-corrected chi connectivity index (χ3v) is 5.12. The fourth-order valence-corrected chi connectivity index (χ4v) is 4.01. The summed E-state index contributed by atoms with van der Waals surface area (Å²) in [6.07, 6.45) is 0. The molecular weight excluding hydrogens is 406 g/mol. The number of esters is 1. The van der Waals surface area contributed by atoms with Crippen molar-refractivity contribution < 1.29 is 14.5 Å². The minimum Gasteiger partial charge on any atom is -0.461 e. The van der Waals surface area contributed by atoms with E-state index < -0.39 is 5.97 Å². The van der Waals surface area contributed by atoms with Crippen LogP contribution in [-0.4, -0.2) is 35.2 Å². The smallest absolute Gasteiger partial charge is 0.355 e. The van der Waals surface area contributed by atoms with Crippen molar-refractivity contribution in [2.45, 2.75) is 34.6 Å². The molecule has 2 aromatic carbocycles. The number of anilines is 1. The van der Waals surface area contributed by atoms with Crippen LogP contribution in [0, 0.1) is 22.0 Å². The van der Waals surface area contributed by atoms with Crippen molar-refractivity contribution in [3.05, 3.63) is 64.3 Å². The predicted octanol–water partition coefficient (Wildman–Crippen LogP) is 5.83. The van der Waals surface area contributed by atoms with E-state index in [9.17, 15) is 14.9 Å². The van der Waals surface area contributed by atoms with Crippen LogP contribution in [0.1, 0.15) is 45.1 Å². The molecule has 0 amide bonds. The number of fused-ring (bicyclic) bond motifs is 1. The van der Waals surface area contributed by atoms with Gasteiger partial charge in [0, 0.05) is 24.5 Å². The van der Waals surface area contributed by atoms with Crippen molar-refractivity contribution in [1.29, 1.82) is 0 Å². The number of rotatable bonds is 9. The maximum Gasteiger partial charge on any atom is 0.355 e. The van der Waals surface area contributed by atoms with Gasteiger partial charge in [0.25, 0.3) is 5.69 Å². The highest BCUT2D eigenvalue weighted by Crippen LogP contribution is 2.34. The molecule has 3 rings (SSSR count). The van der Waals surface area contributed by atoms with Gasteiger partial charge in [-0.15, -0.1) is 0 Å². The Kier molecular flexibility index (Phi) is 7.18. The first-order valence-corrected chi connectivity index (χ1v) is 11.0. The maximum absolute atomic E-state index is 12.7. The van der Waals surface area contributed by atoms with Crippen LogP contribution < -0.4 is 4.90 Å². The summed E-state index contributed by atoms with van der Waals surface area (Å²) < 4.78 is 6.98. The lowest BCUT2D eigenvalue weighted by Gasteiger charge is -2.28. The van der Waals surface area contributed by atoms with Crippen molar-refractivity contribution in [3.63, 3.8) is 0 Å². The van der Waals surface area contributed by atoms with E-state index >= 15 is 0 Å². The Bertz CT molecular complexity index is 1110. The monoisotopic (exact) mass is 437 g/mol. The Labute approximate surface area is 188 Å². The molecule has 0 spiro atoms. The number of hydrogen-bond donors (Lipinski definition) is 0. The number of carbonyl (C=O) groups is 1. The number of nitro benzene ring substituents is 1. The van der Waals surface area contributed by atoms with Crippen LogP contribution in [0.25, 0.3) is 16.6 Å². The Morgan fingerprint density at radius 1 is 1.06 bits per heavy atom. The van der Waals surface area contributed by atoms with Gasteiger partial charge in [-0.25, -0.2) is 4.79 Å². The second-order valence-electron chi connectivity index (χ2n) is 8.77. The first kappa shape index (κ1) is 23.3. The van der Waals surface area contributed by atoms with Crippen LogP contribution in [0.5, 0.6) is 0 Å². The number of carbonyl (C=O) groups excluding carboxylic acids is 1. The van der Waals surface area contributed by atoms with Gasteiger partial charge in [0.15, 0.2) is 0 Å². The van der Waals surface area contributed by atoms with E-state index in [0.29, 0.717) is 28.9 Å². The number of hydrogen-bond acceptors (Lipinski definition) is 5. The molecule has 0 unspecified atom stereocenters. The van der Waals surface area contributed by atoms with Gasteiger partial charge >= 0.3 is 5.97 Å². The van der Waals surface area contributed by atoms with Crippen LogP contribution in [-0.2, 0) is 4.74 Å². The lowest BCUT2D eigenvalue weighted by molar-refractivity contribution is -0.384. The Hall–Kier alpha value is -3.35. The molecule has 1 heterocycles. The molecule has 0 N–H and O–H groups in total. The summed E-state index contributed by atoms with van der Waals surface area (Å²) in [5.41, 5.74) is 2.31. The average molecular weight is 438 g/mol. The molecule has 7 nitrogen and oxygen atoms in total. The van der Waals surface area contributed by atoms with Crippen LogP contribution in [0.3, 0.4) is 0 Å². The van der Waals surface area contributed by atoms with E-state index in [-0.39, 0.29) is 17.2 Å². The summed E-state index contributed by atoms with van der Waals surface area (Å²) in [5, 5.41) is 12.9. The van der Waals surface area contributed by atoms with Crippen LogP contribution in [0.4, 0.5) is 11.4 Å². The molecule has 170 valence electrons. The summed E-state index contributed by atoms with van der Waals surface area (Å²) in [5.74, 6) is 0.255. The number of aromatic nitrogens is 1. The summed E-state index contributed by atoms with van der Waals surface area (Å²) >= 11 is 0. The normalized spacial score (nSPS) is 11.3.